The molecular weight excluding hydrogens is 424 g/mol. The molecule has 2 fully saturated rings. The first-order valence-electron chi connectivity index (χ1n) is 11.8. The van der Waals surface area contributed by atoms with Crippen molar-refractivity contribution in [1.82, 2.24) is 15.1 Å². The van der Waals surface area contributed by atoms with E-state index in [0.29, 0.717) is 37.4 Å². The molecule has 0 radical (unpaired) electrons. The maximum Gasteiger partial charge on any atom is 0.307 e. The van der Waals surface area contributed by atoms with Gasteiger partial charge < -0.3 is 20.3 Å². The van der Waals surface area contributed by atoms with Crippen molar-refractivity contribution in [2.24, 2.45) is 0 Å². The summed E-state index contributed by atoms with van der Waals surface area (Å²) in [7, 11) is 0. The van der Waals surface area contributed by atoms with Crippen molar-refractivity contribution in [3.63, 3.8) is 0 Å². The molecule has 2 N–H and O–H groups in total. The van der Waals surface area contributed by atoms with Crippen LogP contribution in [0.2, 0.25) is 0 Å². The van der Waals surface area contributed by atoms with Gasteiger partial charge >= 0.3 is 5.97 Å². The second-order valence-electron chi connectivity index (χ2n) is 8.54. The van der Waals surface area contributed by atoms with E-state index in [-0.39, 0.29) is 30.7 Å². The van der Waals surface area contributed by atoms with Crippen LogP contribution in [-0.4, -0.2) is 78.9 Å². The van der Waals surface area contributed by atoms with E-state index in [9.17, 15) is 19.2 Å². The Balaban J connectivity index is 1.59. The number of nitrogens with zero attached hydrogens (tertiary/aromatic N) is 2. The molecule has 0 saturated carbocycles. The fourth-order valence-corrected chi connectivity index (χ4v) is 4.18. The lowest BCUT2D eigenvalue weighted by Crippen LogP contribution is -2.57. The molecule has 0 bridgehead atoms. The van der Waals surface area contributed by atoms with E-state index in [1.165, 1.54) is 0 Å². The van der Waals surface area contributed by atoms with Gasteiger partial charge in [-0.15, -0.1) is 0 Å². The van der Waals surface area contributed by atoms with Gasteiger partial charge in [-0.25, -0.2) is 0 Å². The number of esters is 1. The second-order valence-corrected chi connectivity index (χ2v) is 8.54. The molecule has 1 unspecified atom stereocenters. The Labute approximate surface area is 194 Å². The largest absolute Gasteiger partial charge is 0.466 e. The highest BCUT2D eigenvalue weighted by Crippen LogP contribution is 2.17. The minimum absolute atomic E-state index is 0.0219. The molecule has 2 saturated heterocycles. The van der Waals surface area contributed by atoms with Gasteiger partial charge in [-0.05, 0) is 37.5 Å². The van der Waals surface area contributed by atoms with E-state index >= 15 is 0 Å². The van der Waals surface area contributed by atoms with Gasteiger partial charge in [0.05, 0.1) is 19.6 Å². The third-order valence-electron chi connectivity index (χ3n) is 5.90. The Morgan fingerprint density at radius 3 is 2.61 bits per heavy atom. The van der Waals surface area contributed by atoms with Gasteiger partial charge in [0.1, 0.15) is 6.04 Å². The molecule has 1 aromatic rings. The summed E-state index contributed by atoms with van der Waals surface area (Å²) >= 11 is 0. The summed E-state index contributed by atoms with van der Waals surface area (Å²) in [6, 6.07) is 6.19. The molecule has 0 aliphatic carbocycles. The summed E-state index contributed by atoms with van der Waals surface area (Å²) in [6.07, 6.45) is 4.92. The average Bonchev–Trinajstić information content (AvgIpc) is 3.09. The molecule has 2 aliphatic heterocycles. The van der Waals surface area contributed by atoms with Gasteiger partial charge in [-0.1, -0.05) is 25.8 Å². The van der Waals surface area contributed by atoms with Gasteiger partial charge in [0, 0.05) is 37.4 Å². The maximum atomic E-state index is 12.9. The highest BCUT2D eigenvalue weighted by molar-refractivity contribution is 5.98. The van der Waals surface area contributed by atoms with Gasteiger partial charge in [-0.2, -0.15) is 0 Å². The first-order chi connectivity index (χ1) is 16.0. The smallest absolute Gasteiger partial charge is 0.307 e. The summed E-state index contributed by atoms with van der Waals surface area (Å²) in [4.78, 5) is 53.5. The SMILES string of the molecule is CCCOC(=O)CC1C(=O)NCCN1CC(=O)Nc1cccc(C(=O)N2CCCCCC2)c1. The number of likely N-dealkylation sites (tertiary alicyclic amines) is 1. The minimum atomic E-state index is -0.746. The van der Waals surface area contributed by atoms with Crippen LogP contribution in [0.1, 0.15) is 55.8 Å². The van der Waals surface area contributed by atoms with Crippen molar-refractivity contribution in [3.05, 3.63) is 29.8 Å². The van der Waals surface area contributed by atoms with Crippen molar-refractivity contribution < 1.29 is 23.9 Å². The number of carbonyl (C=O) groups excluding carboxylic acids is 4. The fraction of sp³-hybridized carbons (Fsp3) is 0.583. The van der Waals surface area contributed by atoms with E-state index in [1.807, 2.05) is 11.8 Å². The average molecular weight is 459 g/mol. The molecule has 1 aromatic carbocycles. The Morgan fingerprint density at radius 1 is 1.12 bits per heavy atom. The highest BCUT2D eigenvalue weighted by Gasteiger charge is 2.33. The minimum Gasteiger partial charge on any atom is -0.466 e. The molecule has 2 heterocycles. The quantitative estimate of drug-likeness (QED) is 0.575. The summed E-state index contributed by atoms with van der Waals surface area (Å²) in [5.41, 5.74) is 1.07. The Morgan fingerprint density at radius 2 is 1.88 bits per heavy atom. The summed E-state index contributed by atoms with van der Waals surface area (Å²) < 4.78 is 5.10. The van der Waals surface area contributed by atoms with Crippen molar-refractivity contribution in [2.45, 2.75) is 51.5 Å². The molecular formula is C24H34N4O5. The number of rotatable bonds is 8. The Kier molecular flexibility index (Phi) is 9.24. The summed E-state index contributed by atoms with van der Waals surface area (Å²) in [5, 5.41) is 5.56. The molecule has 3 rings (SSSR count). The van der Waals surface area contributed by atoms with Crippen molar-refractivity contribution in [2.75, 3.05) is 44.6 Å². The van der Waals surface area contributed by atoms with Gasteiger partial charge in [0.15, 0.2) is 0 Å². The number of piperazine rings is 1. The van der Waals surface area contributed by atoms with E-state index < -0.39 is 12.0 Å². The van der Waals surface area contributed by atoms with Crippen molar-refractivity contribution in [1.29, 1.82) is 0 Å². The van der Waals surface area contributed by atoms with Crippen LogP contribution < -0.4 is 10.6 Å². The third-order valence-corrected chi connectivity index (χ3v) is 5.90. The van der Waals surface area contributed by atoms with Crippen LogP contribution >= 0.6 is 0 Å². The van der Waals surface area contributed by atoms with E-state index in [1.54, 1.807) is 29.2 Å². The zero-order valence-electron chi connectivity index (χ0n) is 19.3. The van der Waals surface area contributed by atoms with Crippen LogP contribution in [0.5, 0.6) is 0 Å². The van der Waals surface area contributed by atoms with E-state index in [2.05, 4.69) is 10.6 Å². The molecule has 0 spiro atoms. The lowest BCUT2D eigenvalue weighted by atomic mass is 10.1. The Hall–Kier alpha value is -2.94. The monoisotopic (exact) mass is 458 g/mol. The van der Waals surface area contributed by atoms with Crippen LogP contribution in [0.4, 0.5) is 5.69 Å². The second kappa shape index (κ2) is 12.3. The van der Waals surface area contributed by atoms with Crippen LogP contribution in [0.15, 0.2) is 24.3 Å². The summed E-state index contributed by atoms with van der Waals surface area (Å²) in [5.74, 6) is -1.07. The van der Waals surface area contributed by atoms with Crippen LogP contribution in [0.25, 0.3) is 0 Å². The number of benzene rings is 1. The number of hydrogen-bond acceptors (Lipinski definition) is 6. The van der Waals surface area contributed by atoms with Crippen LogP contribution in [0.3, 0.4) is 0 Å². The zero-order chi connectivity index (χ0) is 23.6. The molecule has 2 aliphatic rings. The van der Waals surface area contributed by atoms with Crippen LogP contribution in [0, 0.1) is 0 Å². The maximum absolute atomic E-state index is 12.9. The molecule has 3 amide bonds. The number of hydrogen-bond donors (Lipinski definition) is 2. The third kappa shape index (κ3) is 7.28. The van der Waals surface area contributed by atoms with Crippen molar-refractivity contribution in [3.8, 4) is 0 Å². The van der Waals surface area contributed by atoms with Gasteiger partial charge in [0.2, 0.25) is 11.8 Å². The fourth-order valence-electron chi connectivity index (χ4n) is 4.18. The van der Waals surface area contributed by atoms with Crippen LogP contribution in [-0.2, 0) is 19.1 Å². The highest BCUT2D eigenvalue weighted by atomic mass is 16.5. The first kappa shape index (κ1) is 24.7. The molecule has 9 heteroatoms. The molecule has 180 valence electrons. The molecule has 1 atom stereocenters. The van der Waals surface area contributed by atoms with Gasteiger partial charge in [0.25, 0.3) is 5.91 Å². The predicted molar refractivity (Wildman–Crippen MR) is 124 cm³/mol. The zero-order valence-corrected chi connectivity index (χ0v) is 19.3. The normalized spacial score (nSPS) is 19.4. The van der Waals surface area contributed by atoms with Gasteiger partial charge in [-0.3, -0.25) is 24.1 Å². The standard InChI is InChI=1S/C24H34N4O5/c1-2-14-33-22(30)16-20-23(31)25-10-13-28(20)17-21(29)26-19-9-7-8-18(15-19)24(32)27-11-5-3-4-6-12-27/h7-9,15,20H,2-6,10-14,16-17H2,1H3,(H,25,31)(H,26,29). The molecule has 0 aromatic heterocycles. The predicted octanol–water partition coefficient (Wildman–Crippen LogP) is 1.79. The first-order valence-corrected chi connectivity index (χ1v) is 11.8. The molecule has 9 nitrogen and oxygen atoms in total. The number of ether oxygens (including phenoxy) is 1. The van der Waals surface area contributed by atoms with E-state index in [4.69, 9.17) is 4.74 Å². The summed E-state index contributed by atoms with van der Waals surface area (Å²) in [6.45, 7) is 4.55. The van der Waals surface area contributed by atoms with Crippen molar-refractivity contribution >= 4 is 29.4 Å². The number of nitrogens with one attached hydrogen (secondary N) is 2. The topological polar surface area (TPSA) is 108 Å². The number of carbonyl (C=O) groups is 4. The lowest BCUT2D eigenvalue weighted by molar-refractivity contribution is -0.148. The molecule has 33 heavy (non-hydrogen) atoms. The Bertz CT molecular complexity index is 851. The number of anilines is 1. The lowest BCUT2D eigenvalue weighted by Gasteiger charge is -2.33. The number of amides is 3. The van der Waals surface area contributed by atoms with E-state index in [0.717, 1.165) is 38.8 Å².